The Morgan fingerprint density at radius 1 is 1.17 bits per heavy atom. The van der Waals surface area contributed by atoms with Crippen LogP contribution < -0.4 is 10.6 Å². The van der Waals surface area contributed by atoms with Gasteiger partial charge in [0.2, 0.25) is 0 Å². The van der Waals surface area contributed by atoms with E-state index < -0.39 is 17.1 Å². The molecule has 5 rings (SSSR count). The van der Waals surface area contributed by atoms with Crippen LogP contribution in [0.15, 0.2) is 47.4 Å². The molecule has 0 bridgehead atoms. The molecule has 1 saturated heterocycles. The average molecular weight is 593 g/mol. The minimum absolute atomic E-state index is 0.200. The SMILES string of the molecule is CCc1nccc(C)c1-n1c(=O)nc(N2CCN(C(=O)OC(C)(C)C)C[C@@H]2C)c2cc(Cl)c(-c3ccccc3F)nc21. The highest BCUT2D eigenvalue weighted by Crippen LogP contribution is 2.35. The predicted molar refractivity (Wildman–Crippen MR) is 162 cm³/mol. The molecule has 220 valence electrons. The molecule has 0 spiro atoms. The maximum Gasteiger partial charge on any atom is 0.410 e. The van der Waals surface area contributed by atoms with Gasteiger partial charge in [-0.2, -0.15) is 4.98 Å². The Morgan fingerprint density at radius 3 is 2.57 bits per heavy atom. The fourth-order valence-electron chi connectivity index (χ4n) is 5.30. The molecule has 4 aromatic rings. The van der Waals surface area contributed by atoms with Gasteiger partial charge in [0, 0.05) is 37.4 Å². The molecule has 0 aliphatic carbocycles. The number of halogens is 2. The largest absolute Gasteiger partial charge is 0.444 e. The van der Waals surface area contributed by atoms with Crippen LogP contribution in [0.1, 0.15) is 45.9 Å². The molecule has 42 heavy (non-hydrogen) atoms. The van der Waals surface area contributed by atoms with E-state index in [4.69, 9.17) is 21.3 Å². The fourth-order valence-corrected chi connectivity index (χ4v) is 5.56. The third-order valence-corrected chi connectivity index (χ3v) is 7.53. The average Bonchev–Trinajstić information content (AvgIpc) is 2.92. The van der Waals surface area contributed by atoms with E-state index in [1.165, 1.54) is 10.6 Å². The lowest BCUT2D eigenvalue weighted by atomic mass is 10.1. The number of hydrogen-bond donors (Lipinski definition) is 0. The Balaban J connectivity index is 1.70. The first-order chi connectivity index (χ1) is 19.9. The Kier molecular flexibility index (Phi) is 7.94. The van der Waals surface area contributed by atoms with E-state index in [2.05, 4.69) is 9.97 Å². The first-order valence-corrected chi connectivity index (χ1v) is 14.3. The predicted octanol–water partition coefficient (Wildman–Crippen LogP) is 5.95. The van der Waals surface area contributed by atoms with Crippen molar-refractivity contribution in [2.75, 3.05) is 24.5 Å². The highest BCUT2D eigenvalue weighted by Gasteiger charge is 2.32. The van der Waals surface area contributed by atoms with Crippen molar-refractivity contribution in [3.8, 4) is 16.9 Å². The van der Waals surface area contributed by atoms with Gasteiger partial charge in [-0.15, -0.1) is 0 Å². The van der Waals surface area contributed by atoms with Gasteiger partial charge in [0.25, 0.3) is 0 Å². The van der Waals surface area contributed by atoms with E-state index in [0.29, 0.717) is 54.3 Å². The van der Waals surface area contributed by atoms with Gasteiger partial charge in [0.1, 0.15) is 17.2 Å². The summed E-state index contributed by atoms with van der Waals surface area (Å²) in [6.07, 6.45) is 1.89. The molecule has 9 nitrogen and oxygen atoms in total. The number of carbonyl (C=O) groups excluding carboxylic acids is 1. The molecule has 0 saturated carbocycles. The van der Waals surface area contributed by atoms with Crippen molar-refractivity contribution >= 4 is 34.5 Å². The summed E-state index contributed by atoms with van der Waals surface area (Å²) >= 11 is 6.77. The Labute approximate surface area is 248 Å². The minimum atomic E-state index is -0.611. The monoisotopic (exact) mass is 592 g/mol. The van der Waals surface area contributed by atoms with Gasteiger partial charge in [0.15, 0.2) is 5.65 Å². The summed E-state index contributed by atoms with van der Waals surface area (Å²) in [7, 11) is 0. The molecule has 1 fully saturated rings. The zero-order valence-corrected chi connectivity index (χ0v) is 25.4. The van der Waals surface area contributed by atoms with Gasteiger partial charge in [-0.05, 0) is 70.9 Å². The van der Waals surface area contributed by atoms with Crippen LogP contribution in [0.2, 0.25) is 5.02 Å². The van der Waals surface area contributed by atoms with Crippen LogP contribution in [0.4, 0.5) is 15.0 Å². The number of benzene rings is 1. The van der Waals surface area contributed by atoms with Crippen LogP contribution >= 0.6 is 11.6 Å². The number of rotatable bonds is 4. The summed E-state index contributed by atoms with van der Waals surface area (Å²) in [5, 5.41) is 0.752. The molecule has 1 amide bonds. The van der Waals surface area contributed by atoms with Gasteiger partial charge in [-0.3, -0.25) is 4.98 Å². The molecular formula is C31H34ClFN6O3. The van der Waals surface area contributed by atoms with Gasteiger partial charge in [-0.1, -0.05) is 30.7 Å². The standard InChI is InChI=1S/C31H34ClFN6O3/c1-7-24-26(18(2)12-13-34-24)39-28-21(16-22(32)25(35-28)20-10-8-9-11-23(20)33)27(36-29(39)40)38-15-14-37(17-19(38)3)30(41)42-31(4,5)6/h8-13,16,19H,7,14-15,17H2,1-6H3/t19-/m0/s1. The molecule has 1 aliphatic rings. The Hall–Kier alpha value is -4.05. The third-order valence-electron chi connectivity index (χ3n) is 7.24. The fraction of sp³-hybridized carbons (Fsp3) is 0.387. The second-order valence-electron chi connectivity index (χ2n) is 11.5. The van der Waals surface area contributed by atoms with Crippen molar-refractivity contribution < 1.29 is 13.9 Å². The molecule has 1 atom stereocenters. The van der Waals surface area contributed by atoms with Crippen molar-refractivity contribution in [2.45, 2.75) is 59.6 Å². The highest BCUT2D eigenvalue weighted by atomic mass is 35.5. The van der Waals surface area contributed by atoms with Crippen LogP contribution in [0.5, 0.6) is 0 Å². The molecule has 0 unspecified atom stereocenters. The molecule has 4 heterocycles. The lowest BCUT2D eigenvalue weighted by Crippen LogP contribution is -2.55. The maximum absolute atomic E-state index is 14.9. The summed E-state index contributed by atoms with van der Waals surface area (Å²) in [5.74, 6) is -0.0789. The van der Waals surface area contributed by atoms with E-state index in [-0.39, 0.29) is 28.4 Å². The van der Waals surface area contributed by atoms with E-state index in [1.54, 1.807) is 35.4 Å². The summed E-state index contributed by atoms with van der Waals surface area (Å²) in [4.78, 5) is 44.2. The summed E-state index contributed by atoms with van der Waals surface area (Å²) in [6, 6.07) is 9.56. The van der Waals surface area contributed by atoms with Gasteiger partial charge in [-0.25, -0.2) is 23.5 Å². The Bertz CT molecular complexity index is 1730. The molecule has 0 radical (unpaired) electrons. The number of fused-ring (bicyclic) bond motifs is 1. The van der Waals surface area contributed by atoms with Crippen LogP contribution in [0.25, 0.3) is 28.0 Å². The number of ether oxygens (including phenoxy) is 1. The second kappa shape index (κ2) is 11.3. The molecule has 1 aromatic carbocycles. The zero-order chi connectivity index (χ0) is 30.3. The number of anilines is 1. The number of hydrogen-bond acceptors (Lipinski definition) is 7. The van der Waals surface area contributed by atoms with Crippen LogP contribution in [-0.4, -0.2) is 61.8 Å². The maximum atomic E-state index is 14.9. The smallest absolute Gasteiger partial charge is 0.410 e. The lowest BCUT2D eigenvalue weighted by molar-refractivity contribution is 0.0218. The van der Waals surface area contributed by atoms with Crippen molar-refractivity contribution in [3.05, 3.63) is 75.2 Å². The van der Waals surface area contributed by atoms with Gasteiger partial charge < -0.3 is 14.5 Å². The molecule has 3 aromatic heterocycles. The number of aromatic nitrogens is 4. The molecule has 11 heteroatoms. The van der Waals surface area contributed by atoms with Crippen LogP contribution in [-0.2, 0) is 11.2 Å². The lowest BCUT2D eigenvalue weighted by Gasteiger charge is -2.41. The number of nitrogens with zero attached hydrogens (tertiary/aromatic N) is 6. The van der Waals surface area contributed by atoms with Gasteiger partial charge in [0.05, 0.1) is 27.5 Å². The van der Waals surface area contributed by atoms with Crippen molar-refractivity contribution in [3.63, 3.8) is 0 Å². The van der Waals surface area contributed by atoms with Crippen molar-refractivity contribution in [2.24, 2.45) is 0 Å². The summed E-state index contributed by atoms with van der Waals surface area (Å²) in [5.41, 5.74) is 1.69. The van der Waals surface area contributed by atoms with Crippen LogP contribution in [0.3, 0.4) is 0 Å². The van der Waals surface area contributed by atoms with E-state index in [9.17, 15) is 14.0 Å². The van der Waals surface area contributed by atoms with Crippen molar-refractivity contribution in [1.29, 1.82) is 0 Å². The first-order valence-electron chi connectivity index (χ1n) is 14.0. The number of pyridine rings is 2. The Morgan fingerprint density at radius 2 is 1.90 bits per heavy atom. The zero-order valence-electron chi connectivity index (χ0n) is 24.6. The normalized spacial score (nSPS) is 15.8. The molecule has 1 aliphatic heterocycles. The number of amides is 1. The van der Waals surface area contributed by atoms with E-state index in [1.807, 2.05) is 52.5 Å². The number of aryl methyl sites for hydroxylation is 2. The summed E-state index contributed by atoms with van der Waals surface area (Å²) < 4.78 is 21.9. The van der Waals surface area contributed by atoms with E-state index >= 15 is 0 Å². The first kappa shape index (κ1) is 29.4. The second-order valence-corrected chi connectivity index (χ2v) is 11.9. The number of piperazine rings is 1. The third kappa shape index (κ3) is 5.55. The molecule has 0 N–H and O–H groups in total. The van der Waals surface area contributed by atoms with Gasteiger partial charge >= 0.3 is 11.8 Å². The molecular weight excluding hydrogens is 559 g/mol. The van der Waals surface area contributed by atoms with Crippen LogP contribution in [0, 0.1) is 12.7 Å². The minimum Gasteiger partial charge on any atom is -0.444 e. The highest BCUT2D eigenvalue weighted by molar-refractivity contribution is 6.33. The van der Waals surface area contributed by atoms with E-state index in [0.717, 1.165) is 5.56 Å². The topological polar surface area (TPSA) is 93.5 Å². The number of carbonyl (C=O) groups is 1. The van der Waals surface area contributed by atoms with Crippen molar-refractivity contribution in [1.82, 2.24) is 24.4 Å². The summed E-state index contributed by atoms with van der Waals surface area (Å²) in [6.45, 7) is 12.5. The quantitative estimate of drug-likeness (QED) is 0.289.